The maximum absolute atomic E-state index is 9.39. The largest absolute Gasteiger partial charge is 0.396 e. The summed E-state index contributed by atoms with van der Waals surface area (Å²) in [5, 5.41) is 18.8. The predicted octanol–water partition coefficient (Wildman–Crippen LogP) is 1.22. The lowest BCUT2D eigenvalue weighted by Gasteiger charge is -2.08. The molecule has 1 aromatic rings. The number of nitrogens with zero attached hydrogens (tertiary/aromatic N) is 1. The minimum Gasteiger partial charge on any atom is -0.396 e. The maximum Gasteiger partial charge on any atom is 0.102 e. The van der Waals surface area contributed by atoms with Crippen molar-refractivity contribution in [3.63, 3.8) is 0 Å². The molecule has 0 aliphatic rings. The molecule has 0 bridgehead atoms. The van der Waals surface area contributed by atoms with Crippen LogP contribution in [-0.4, -0.2) is 27.6 Å². The summed E-state index contributed by atoms with van der Waals surface area (Å²) < 4.78 is 0. The normalized spacial score (nSPS) is 12.8. The first-order valence-electron chi connectivity index (χ1n) is 4.12. The van der Waals surface area contributed by atoms with Gasteiger partial charge in [-0.15, -0.1) is 11.8 Å². The van der Waals surface area contributed by atoms with Gasteiger partial charge in [-0.05, 0) is 13.0 Å². The van der Waals surface area contributed by atoms with E-state index in [4.69, 9.17) is 5.11 Å². The van der Waals surface area contributed by atoms with Crippen LogP contribution in [0.25, 0.3) is 0 Å². The molecular weight excluding hydrogens is 186 g/mol. The molecular formula is C9H13NO2S. The summed E-state index contributed by atoms with van der Waals surface area (Å²) in [6.07, 6.45) is 1.18. The van der Waals surface area contributed by atoms with Gasteiger partial charge in [-0.1, -0.05) is 6.07 Å². The Morgan fingerprint density at radius 3 is 3.00 bits per heavy atom. The quantitative estimate of drug-likeness (QED) is 0.716. The monoisotopic (exact) mass is 199 g/mol. The first-order valence-corrected chi connectivity index (χ1v) is 5.11. The number of aromatic nitrogens is 1. The lowest BCUT2D eigenvalue weighted by atomic mass is 10.2. The molecule has 13 heavy (non-hydrogen) atoms. The molecule has 0 saturated heterocycles. The number of aliphatic hydroxyl groups is 2. The zero-order valence-electron chi connectivity index (χ0n) is 7.47. The van der Waals surface area contributed by atoms with Crippen molar-refractivity contribution in [2.24, 2.45) is 0 Å². The van der Waals surface area contributed by atoms with Crippen molar-refractivity contribution in [1.82, 2.24) is 4.98 Å². The lowest BCUT2D eigenvalue weighted by Crippen LogP contribution is -1.97. The molecule has 0 fully saturated rings. The highest BCUT2D eigenvalue weighted by molar-refractivity contribution is 7.99. The molecule has 0 spiro atoms. The number of hydrogen-bond acceptors (Lipinski definition) is 4. The molecule has 2 N–H and O–H groups in total. The van der Waals surface area contributed by atoms with Crippen LogP contribution in [0.1, 0.15) is 18.6 Å². The fraction of sp³-hybridized carbons (Fsp3) is 0.444. The van der Waals surface area contributed by atoms with E-state index in [1.54, 1.807) is 19.2 Å². The number of rotatable bonds is 4. The Bertz CT molecular complexity index is 266. The average Bonchev–Trinajstić information content (AvgIpc) is 2.15. The van der Waals surface area contributed by atoms with Crippen LogP contribution in [0.5, 0.6) is 0 Å². The summed E-state index contributed by atoms with van der Waals surface area (Å²) >= 11 is 1.45. The van der Waals surface area contributed by atoms with Gasteiger partial charge >= 0.3 is 0 Å². The first-order chi connectivity index (χ1) is 6.25. The second-order valence-corrected chi connectivity index (χ2v) is 3.73. The fourth-order valence-corrected chi connectivity index (χ4v) is 1.81. The third-order valence-corrected chi connectivity index (χ3v) is 2.58. The van der Waals surface area contributed by atoms with Gasteiger partial charge in [-0.3, -0.25) is 0 Å². The van der Waals surface area contributed by atoms with Gasteiger partial charge in [0.15, 0.2) is 0 Å². The highest BCUT2D eigenvalue weighted by Gasteiger charge is 2.07. The Labute approximate surface area is 81.8 Å². The molecule has 1 atom stereocenters. The van der Waals surface area contributed by atoms with Crippen molar-refractivity contribution in [3.05, 3.63) is 23.9 Å². The van der Waals surface area contributed by atoms with Gasteiger partial charge in [0.05, 0.1) is 12.7 Å². The Hall–Kier alpha value is -0.580. The van der Waals surface area contributed by atoms with Crippen LogP contribution in [0, 0.1) is 0 Å². The zero-order chi connectivity index (χ0) is 9.68. The molecule has 0 aliphatic carbocycles. The molecule has 3 nitrogen and oxygen atoms in total. The Morgan fingerprint density at radius 1 is 1.62 bits per heavy atom. The van der Waals surface area contributed by atoms with Gasteiger partial charge in [-0.2, -0.15) is 0 Å². The van der Waals surface area contributed by atoms with E-state index in [0.717, 1.165) is 10.6 Å². The summed E-state index contributed by atoms with van der Waals surface area (Å²) in [5.74, 6) is 0.608. The summed E-state index contributed by atoms with van der Waals surface area (Å²) in [4.78, 5) is 4.13. The number of thioether (sulfide) groups is 1. The van der Waals surface area contributed by atoms with Gasteiger partial charge in [-0.25, -0.2) is 4.98 Å². The smallest absolute Gasteiger partial charge is 0.102 e. The van der Waals surface area contributed by atoms with Gasteiger partial charge in [0.25, 0.3) is 0 Å². The molecule has 0 radical (unpaired) electrons. The molecule has 1 unspecified atom stereocenters. The van der Waals surface area contributed by atoms with Crippen molar-refractivity contribution in [3.8, 4) is 0 Å². The highest BCUT2D eigenvalue weighted by atomic mass is 32.2. The minimum absolute atomic E-state index is 0.125. The van der Waals surface area contributed by atoms with Crippen LogP contribution < -0.4 is 0 Å². The van der Waals surface area contributed by atoms with Gasteiger partial charge < -0.3 is 10.2 Å². The third kappa shape index (κ3) is 2.99. The van der Waals surface area contributed by atoms with Crippen LogP contribution in [0.4, 0.5) is 0 Å². The van der Waals surface area contributed by atoms with Gasteiger partial charge in [0.1, 0.15) is 5.03 Å². The van der Waals surface area contributed by atoms with E-state index >= 15 is 0 Å². The third-order valence-electron chi connectivity index (χ3n) is 1.58. The standard InChI is InChI=1S/C9H13NO2S/c1-7(12)8-3-2-4-10-9(8)13-6-5-11/h2-4,7,11-12H,5-6H2,1H3. The van der Waals surface area contributed by atoms with Crippen LogP contribution in [-0.2, 0) is 0 Å². The van der Waals surface area contributed by atoms with Crippen LogP contribution in [0.15, 0.2) is 23.4 Å². The summed E-state index contributed by atoms with van der Waals surface area (Å²) in [6.45, 7) is 1.83. The van der Waals surface area contributed by atoms with E-state index < -0.39 is 6.10 Å². The Morgan fingerprint density at radius 2 is 2.38 bits per heavy atom. The topological polar surface area (TPSA) is 53.4 Å². The van der Waals surface area contributed by atoms with Crippen molar-refractivity contribution in [2.45, 2.75) is 18.1 Å². The fourth-order valence-electron chi connectivity index (χ4n) is 0.984. The average molecular weight is 199 g/mol. The second-order valence-electron chi connectivity index (χ2n) is 2.65. The van der Waals surface area contributed by atoms with E-state index in [2.05, 4.69) is 4.98 Å². The highest BCUT2D eigenvalue weighted by Crippen LogP contribution is 2.24. The van der Waals surface area contributed by atoms with Crippen LogP contribution in [0.2, 0.25) is 0 Å². The molecule has 1 aromatic heterocycles. The molecule has 4 heteroatoms. The number of pyridine rings is 1. The molecule has 0 aromatic carbocycles. The minimum atomic E-state index is -0.505. The SMILES string of the molecule is CC(O)c1cccnc1SCCO. The van der Waals surface area contributed by atoms with E-state index in [9.17, 15) is 5.11 Å². The predicted molar refractivity (Wildman–Crippen MR) is 52.7 cm³/mol. The summed E-state index contributed by atoms with van der Waals surface area (Å²) in [5.41, 5.74) is 0.820. The van der Waals surface area contributed by atoms with E-state index in [-0.39, 0.29) is 6.61 Å². The molecule has 1 rings (SSSR count). The molecule has 0 aliphatic heterocycles. The van der Waals surface area contributed by atoms with Crippen LogP contribution in [0.3, 0.4) is 0 Å². The van der Waals surface area contributed by atoms with Crippen LogP contribution >= 0.6 is 11.8 Å². The number of aliphatic hydroxyl groups excluding tert-OH is 2. The summed E-state index contributed by atoms with van der Waals surface area (Å²) in [7, 11) is 0. The van der Waals surface area contributed by atoms with E-state index in [0.29, 0.717) is 5.75 Å². The summed E-state index contributed by atoms with van der Waals surface area (Å²) in [6, 6.07) is 3.64. The zero-order valence-corrected chi connectivity index (χ0v) is 8.29. The van der Waals surface area contributed by atoms with Crippen molar-refractivity contribution in [1.29, 1.82) is 0 Å². The van der Waals surface area contributed by atoms with E-state index in [1.807, 2.05) is 6.07 Å². The van der Waals surface area contributed by atoms with Crippen molar-refractivity contribution < 1.29 is 10.2 Å². The van der Waals surface area contributed by atoms with Crippen molar-refractivity contribution in [2.75, 3.05) is 12.4 Å². The van der Waals surface area contributed by atoms with Gasteiger partial charge in [0, 0.05) is 17.5 Å². The molecule has 72 valence electrons. The Balaban J connectivity index is 2.78. The Kier molecular flexibility index (Phi) is 4.21. The molecule has 1 heterocycles. The molecule has 0 saturated carbocycles. The number of hydrogen-bond donors (Lipinski definition) is 2. The van der Waals surface area contributed by atoms with Gasteiger partial charge in [0.2, 0.25) is 0 Å². The maximum atomic E-state index is 9.39. The van der Waals surface area contributed by atoms with E-state index in [1.165, 1.54) is 11.8 Å². The lowest BCUT2D eigenvalue weighted by molar-refractivity contribution is 0.195. The van der Waals surface area contributed by atoms with Crippen molar-refractivity contribution >= 4 is 11.8 Å². The first kappa shape index (κ1) is 10.5. The second kappa shape index (κ2) is 5.21. The molecule has 0 amide bonds.